The number of nitrogens with zero attached hydrogens (tertiary/aromatic N) is 4. The minimum absolute atomic E-state index is 0.162. The van der Waals surface area contributed by atoms with Crippen LogP contribution >= 0.6 is 0 Å². The number of non-ortho nitro benzene ring substituents is 4. The molecule has 29 nitrogen and oxygen atoms in total. The molecule has 0 saturated carbocycles. The third-order valence-corrected chi connectivity index (χ3v) is 8.94. The lowest BCUT2D eigenvalue weighted by atomic mass is 9.93. The summed E-state index contributed by atoms with van der Waals surface area (Å²) in [5.41, 5.74) is -5.13. The van der Waals surface area contributed by atoms with Crippen molar-refractivity contribution in [1.82, 2.24) is 0 Å². The van der Waals surface area contributed by atoms with Crippen molar-refractivity contribution < 1.29 is 101 Å². The summed E-state index contributed by atoms with van der Waals surface area (Å²) in [4.78, 5) is 118. The molecule has 4 aromatic carbocycles. The predicted octanol–water partition coefficient (Wildman–Crippen LogP) is 6.60. The molecule has 0 heterocycles. The molecule has 4 aromatic rings. The third kappa shape index (κ3) is 17.6. The number of carbonyl (C=O) groups is 6. The van der Waals surface area contributed by atoms with E-state index in [4.69, 9.17) is 52.1 Å². The highest BCUT2D eigenvalue weighted by molar-refractivity contribution is 5.78. The van der Waals surface area contributed by atoms with E-state index in [1.165, 1.54) is 13.8 Å². The van der Waals surface area contributed by atoms with Crippen molar-refractivity contribution in [3.05, 3.63) is 138 Å². The Morgan fingerprint density at radius 2 is 0.577 bits per heavy atom. The summed E-state index contributed by atoms with van der Waals surface area (Å²) >= 11 is 0. The number of hydrogen-bond donors (Lipinski definition) is 0. The SMILES string of the molecule is CC(COC(=O)Oc1ccc([N+](=O)[O-])cc1)(COC(=O)Oc1ccc([N+](=O)[O-])cc1)C(=O)OCCOCCOC(=O)C(C)(COC(=O)Oc1ccc([N+](=O)[O-])cc1)COC(=O)Oc1ccc([N+](=O)[O-])cc1. The fraction of sp³-hybridized carbons (Fsp3) is 0.286. The van der Waals surface area contributed by atoms with Crippen LogP contribution in [0.1, 0.15) is 13.8 Å². The van der Waals surface area contributed by atoms with Crippen LogP contribution in [-0.2, 0) is 42.7 Å². The van der Waals surface area contributed by atoms with Gasteiger partial charge in [0.25, 0.3) is 22.7 Å². The smallest absolute Gasteiger partial charge is 0.463 e. The molecular formula is C42H38N4O25. The molecule has 0 aliphatic heterocycles. The van der Waals surface area contributed by atoms with Crippen molar-refractivity contribution in [2.45, 2.75) is 13.8 Å². The zero-order valence-corrected chi connectivity index (χ0v) is 36.9. The van der Waals surface area contributed by atoms with Crippen LogP contribution in [-0.4, -0.2) is 109 Å². The highest BCUT2D eigenvalue weighted by atomic mass is 16.8. The zero-order valence-electron chi connectivity index (χ0n) is 36.9. The maximum atomic E-state index is 13.3. The van der Waals surface area contributed by atoms with Gasteiger partial charge in [-0.2, -0.15) is 0 Å². The van der Waals surface area contributed by atoms with Gasteiger partial charge in [-0.15, -0.1) is 0 Å². The first-order chi connectivity index (χ1) is 33.7. The monoisotopic (exact) mass is 998 g/mol. The van der Waals surface area contributed by atoms with Gasteiger partial charge in [0, 0.05) is 48.5 Å². The first-order valence-electron chi connectivity index (χ1n) is 19.9. The van der Waals surface area contributed by atoms with Crippen LogP contribution < -0.4 is 18.9 Å². The molecule has 0 unspecified atom stereocenters. The molecule has 0 atom stereocenters. The minimum Gasteiger partial charge on any atom is -0.463 e. The highest BCUT2D eigenvalue weighted by Crippen LogP contribution is 2.26. The molecule has 0 saturated heterocycles. The number of rotatable bonds is 24. The third-order valence-electron chi connectivity index (χ3n) is 8.94. The number of benzene rings is 4. The van der Waals surface area contributed by atoms with Gasteiger partial charge in [0.15, 0.2) is 0 Å². The highest BCUT2D eigenvalue weighted by Gasteiger charge is 2.41. The van der Waals surface area contributed by atoms with E-state index in [0.29, 0.717) is 0 Å². The fourth-order valence-corrected chi connectivity index (χ4v) is 5.08. The van der Waals surface area contributed by atoms with Gasteiger partial charge in [-0.1, -0.05) is 0 Å². The van der Waals surface area contributed by atoms with E-state index < -0.39 is 107 Å². The maximum absolute atomic E-state index is 13.3. The molecule has 0 aliphatic rings. The average molecular weight is 999 g/mol. The van der Waals surface area contributed by atoms with Crippen LogP contribution in [0.3, 0.4) is 0 Å². The van der Waals surface area contributed by atoms with Crippen LogP contribution in [0.25, 0.3) is 0 Å². The zero-order chi connectivity index (χ0) is 52.1. The van der Waals surface area contributed by atoms with Crippen molar-refractivity contribution in [3.8, 4) is 23.0 Å². The lowest BCUT2D eigenvalue weighted by Gasteiger charge is -2.26. The van der Waals surface area contributed by atoms with Gasteiger partial charge >= 0.3 is 36.6 Å². The Kier molecular flexibility index (Phi) is 19.5. The number of carbonyl (C=O) groups excluding carboxylic acids is 6. The van der Waals surface area contributed by atoms with Gasteiger partial charge in [0.2, 0.25) is 0 Å². The summed E-state index contributed by atoms with van der Waals surface area (Å²) in [6, 6.07) is 17.2. The molecule has 71 heavy (non-hydrogen) atoms. The van der Waals surface area contributed by atoms with Crippen molar-refractivity contribution >= 4 is 59.3 Å². The summed E-state index contributed by atoms with van der Waals surface area (Å²) in [5.74, 6) is -2.88. The molecule has 0 aliphatic carbocycles. The second-order valence-corrected chi connectivity index (χ2v) is 14.6. The van der Waals surface area contributed by atoms with Crippen molar-refractivity contribution in [2.24, 2.45) is 10.8 Å². The standard InChI is InChI=1S/C42H38N4O25/c1-41(23-64-37(49)68-31-11-3-27(4-12-31)43(53)54,24-65-38(50)69-32-13-5-28(6-14-32)44(55)56)35(47)62-21-19-61-20-22-63-36(48)42(2,25-66-39(51)70-33-15-7-29(8-16-33)45(57)58)26-67-40(52)71-34-17-9-30(10-18-34)46(59)60/h3-18H,19-26H2,1-2H3. The van der Waals surface area contributed by atoms with Gasteiger partial charge in [0.05, 0.1) is 32.9 Å². The predicted molar refractivity (Wildman–Crippen MR) is 229 cm³/mol. The molecule has 0 amide bonds. The van der Waals surface area contributed by atoms with Crippen molar-refractivity contribution in [2.75, 3.05) is 52.9 Å². The molecular weight excluding hydrogens is 960 g/mol. The lowest BCUT2D eigenvalue weighted by Crippen LogP contribution is -2.41. The molecule has 0 radical (unpaired) electrons. The molecule has 376 valence electrons. The van der Waals surface area contributed by atoms with Gasteiger partial charge < -0.3 is 52.1 Å². The Morgan fingerprint density at radius 1 is 0.366 bits per heavy atom. The first kappa shape index (κ1) is 54.1. The number of esters is 2. The van der Waals surface area contributed by atoms with Crippen molar-refractivity contribution in [3.63, 3.8) is 0 Å². The molecule has 0 fully saturated rings. The average Bonchev–Trinajstić information content (AvgIpc) is 3.34. The second kappa shape index (κ2) is 25.6. The summed E-state index contributed by atoms with van der Waals surface area (Å²) < 4.78 is 56.0. The minimum atomic E-state index is -1.96. The van der Waals surface area contributed by atoms with Crippen LogP contribution in [0.2, 0.25) is 0 Å². The van der Waals surface area contributed by atoms with Crippen molar-refractivity contribution in [1.29, 1.82) is 0 Å². The number of hydrogen-bond acceptors (Lipinski definition) is 25. The molecule has 29 heteroatoms. The number of nitro benzene ring substituents is 4. The van der Waals surface area contributed by atoms with Crippen LogP contribution in [0.4, 0.5) is 41.9 Å². The van der Waals surface area contributed by atoms with Crippen LogP contribution in [0.15, 0.2) is 97.1 Å². The Labute approximate surface area is 397 Å². The maximum Gasteiger partial charge on any atom is 0.513 e. The van der Waals surface area contributed by atoms with Gasteiger partial charge in [-0.25, -0.2) is 19.2 Å². The molecule has 0 aromatic heterocycles. The van der Waals surface area contributed by atoms with E-state index in [9.17, 15) is 69.2 Å². The number of nitro groups is 4. The van der Waals surface area contributed by atoms with Gasteiger partial charge in [-0.05, 0) is 62.4 Å². The van der Waals surface area contributed by atoms with E-state index in [0.717, 1.165) is 97.1 Å². The largest absolute Gasteiger partial charge is 0.513 e. The molecule has 0 bridgehead atoms. The Hall–Kier alpha value is -9.54. The summed E-state index contributed by atoms with van der Waals surface area (Å²) in [7, 11) is 0. The van der Waals surface area contributed by atoms with E-state index >= 15 is 0 Å². The molecule has 0 N–H and O–H groups in total. The molecule has 0 spiro atoms. The van der Waals surface area contributed by atoms with E-state index in [1.54, 1.807) is 0 Å². The fourth-order valence-electron chi connectivity index (χ4n) is 5.08. The van der Waals surface area contributed by atoms with Gasteiger partial charge in [-0.3, -0.25) is 50.0 Å². The van der Waals surface area contributed by atoms with E-state index in [-0.39, 0.29) is 59.0 Å². The van der Waals surface area contributed by atoms with E-state index in [2.05, 4.69) is 0 Å². The second-order valence-electron chi connectivity index (χ2n) is 14.6. The Morgan fingerprint density at radius 3 is 0.775 bits per heavy atom. The normalized spacial score (nSPS) is 10.8. The quantitative estimate of drug-likeness (QED) is 0.0178. The van der Waals surface area contributed by atoms with Crippen LogP contribution in [0.5, 0.6) is 23.0 Å². The molecule has 4 rings (SSSR count). The number of ether oxygens (including phenoxy) is 11. The first-order valence-corrected chi connectivity index (χ1v) is 19.9. The Balaban J connectivity index is 1.31. The summed E-state index contributed by atoms with van der Waals surface area (Å²) in [6.45, 7) is -2.69. The van der Waals surface area contributed by atoms with Gasteiger partial charge in [0.1, 0.15) is 73.5 Å². The summed E-state index contributed by atoms with van der Waals surface area (Å²) in [5, 5.41) is 43.7. The topological polar surface area (TPSA) is 377 Å². The van der Waals surface area contributed by atoms with Crippen LogP contribution in [0, 0.1) is 51.3 Å². The summed E-state index contributed by atoms with van der Waals surface area (Å²) in [6.07, 6.45) is -5.49. The van der Waals surface area contributed by atoms with E-state index in [1.807, 2.05) is 0 Å². The lowest BCUT2D eigenvalue weighted by molar-refractivity contribution is -0.385. The Bertz CT molecular complexity index is 2240.